The van der Waals surface area contributed by atoms with E-state index in [1.165, 1.54) is 0 Å². The number of benzene rings is 1. The van der Waals surface area contributed by atoms with Crippen LogP contribution in [0.5, 0.6) is 0 Å². The monoisotopic (exact) mass is 515 g/mol. The molecule has 4 N–H and O–H groups in total. The van der Waals surface area contributed by atoms with E-state index in [0.717, 1.165) is 24.1 Å². The number of aliphatic carboxylic acids is 2. The van der Waals surface area contributed by atoms with Gasteiger partial charge >= 0.3 is 5.97 Å². The SMILES string of the molecule is CC(=O)O.O=C(O)CCC(=O)Nc1cccc(-c2c(F)cnc3[nH]c4cnc(-c5cccnc5)cc4c23)c1. The largest absolute Gasteiger partial charge is 0.481 e. The maximum Gasteiger partial charge on any atom is 0.303 e. The van der Waals surface area contributed by atoms with Gasteiger partial charge in [-0.1, -0.05) is 12.1 Å². The van der Waals surface area contributed by atoms with E-state index in [1.807, 2.05) is 18.2 Å². The van der Waals surface area contributed by atoms with Crippen LogP contribution in [0.3, 0.4) is 0 Å². The molecule has 0 spiro atoms. The predicted molar refractivity (Wildman–Crippen MR) is 139 cm³/mol. The Hall–Kier alpha value is -5.19. The van der Waals surface area contributed by atoms with Crippen molar-refractivity contribution in [3.63, 3.8) is 0 Å². The van der Waals surface area contributed by atoms with E-state index in [2.05, 4.69) is 25.3 Å². The van der Waals surface area contributed by atoms with Crippen LogP contribution in [0.25, 0.3) is 44.3 Å². The first-order valence-electron chi connectivity index (χ1n) is 11.4. The fourth-order valence-electron chi connectivity index (χ4n) is 3.89. The molecule has 0 atom stereocenters. The molecule has 192 valence electrons. The molecule has 4 heterocycles. The summed E-state index contributed by atoms with van der Waals surface area (Å²) in [6.07, 6.45) is 5.80. The van der Waals surface area contributed by atoms with E-state index in [1.54, 1.807) is 42.9 Å². The lowest BCUT2D eigenvalue weighted by molar-refractivity contribution is -0.138. The summed E-state index contributed by atoms with van der Waals surface area (Å²) in [7, 11) is 0. The third kappa shape index (κ3) is 5.95. The van der Waals surface area contributed by atoms with Crippen LogP contribution in [0.1, 0.15) is 19.8 Å². The minimum atomic E-state index is -1.05. The van der Waals surface area contributed by atoms with Crippen molar-refractivity contribution in [1.82, 2.24) is 19.9 Å². The normalized spacial score (nSPS) is 10.6. The Kier molecular flexibility index (Phi) is 7.66. The van der Waals surface area contributed by atoms with Gasteiger partial charge in [0.2, 0.25) is 5.91 Å². The van der Waals surface area contributed by atoms with E-state index in [0.29, 0.717) is 39.1 Å². The van der Waals surface area contributed by atoms with Gasteiger partial charge in [0.1, 0.15) is 11.5 Å². The molecule has 0 fully saturated rings. The van der Waals surface area contributed by atoms with Crippen LogP contribution in [-0.2, 0) is 14.4 Å². The molecule has 1 amide bonds. The lowest BCUT2D eigenvalue weighted by Gasteiger charge is -2.10. The van der Waals surface area contributed by atoms with Crippen molar-refractivity contribution in [2.45, 2.75) is 19.8 Å². The number of aromatic nitrogens is 4. The summed E-state index contributed by atoms with van der Waals surface area (Å²) in [4.78, 5) is 47.8. The average molecular weight is 516 g/mol. The molecule has 0 bridgehead atoms. The van der Waals surface area contributed by atoms with Gasteiger partial charge in [0.15, 0.2) is 0 Å². The quantitative estimate of drug-likeness (QED) is 0.249. The van der Waals surface area contributed by atoms with Gasteiger partial charge in [-0.25, -0.2) is 9.37 Å². The minimum absolute atomic E-state index is 0.153. The highest BCUT2D eigenvalue weighted by molar-refractivity contribution is 6.13. The van der Waals surface area contributed by atoms with E-state index >= 15 is 4.39 Å². The number of carboxylic acid groups (broad SMARTS) is 2. The number of fused-ring (bicyclic) bond motifs is 3. The van der Waals surface area contributed by atoms with Crippen molar-refractivity contribution in [1.29, 1.82) is 0 Å². The molecule has 4 aromatic heterocycles. The number of halogens is 1. The van der Waals surface area contributed by atoms with Crippen molar-refractivity contribution in [3.05, 3.63) is 73.1 Å². The molecule has 11 heteroatoms. The molecule has 0 radical (unpaired) electrons. The van der Waals surface area contributed by atoms with Gasteiger partial charge in [-0.3, -0.25) is 24.4 Å². The Labute approximate surface area is 215 Å². The molecular formula is C27H22FN5O5. The Balaban J connectivity index is 0.000000786. The van der Waals surface area contributed by atoms with Crippen molar-refractivity contribution < 1.29 is 29.0 Å². The molecule has 0 unspecified atom stereocenters. The maximum atomic E-state index is 15.2. The number of nitrogens with zero attached hydrogens (tertiary/aromatic N) is 3. The molecule has 10 nitrogen and oxygen atoms in total. The molecule has 0 aliphatic rings. The smallest absolute Gasteiger partial charge is 0.303 e. The Bertz CT molecular complexity index is 1650. The first-order chi connectivity index (χ1) is 18.2. The van der Waals surface area contributed by atoms with Crippen LogP contribution in [-0.4, -0.2) is 48.0 Å². The zero-order chi connectivity index (χ0) is 27.2. The topological polar surface area (TPSA) is 158 Å². The summed E-state index contributed by atoms with van der Waals surface area (Å²) >= 11 is 0. The molecule has 5 aromatic rings. The van der Waals surface area contributed by atoms with Gasteiger partial charge in [-0.05, 0) is 35.9 Å². The number of hydrogen-bond acceptors (Lipinski definition) is 6. The Morgan fingerprint density at radius 2 is 1.74 bits per heavy atom. The lowest BCUT2D eigenvalue weighted by Crippen LogP contribution is -2.13. The van der Waals surface area contributed by atoms with Gasteiger partial charge < -0.3 is 20.5 Å². The average Bonchev–Trinajstić information content (AvgIpc) is 3.25. The van der Waals surface area contributed by atoms with Crippen LogP contribution >= 0.6 is 0 Å². The second-order valence-corrected chi connectivity index (χ2v) is 8.23. The third-order valence-electron chi connectivity index (χ3n) is 5.42. The number of anilines is 1. The van der Waals surface area contributed by atoms with Crippen LogP contribution in [0.15, 0.2) is 67.3 Å². The van der Waals surface area contributed by atoms with Crippen molar-refractivity contribution >= 4 is 45.5 Å². The number of pyridine rings is 3. The summed E-state index contributed by atoms with van der Waals surface area (Å²) < 4.78 is 15.2. The van der Waals surface area contributed by atoms with Crippen LogP contribution in [0.2, 0.25) is 0 Å². The first kappa shape index (κ1) is 25.9. The second kappa shape index (κ2) is 11.2. The van der Waals surface area contributed by atoms with E-state index in [9.17, 15) is 9.59 Å². The summed E-state index contributed by atoms with van der Waals surface area (Å²) in [5.74, 6) is -2.83. The molecule has 0 saturated heterocycles. The number of carbonyl (C=O) groups is 3. The van der Waals surface area contributed by atoms with Crippen LogP contribution in [0, 0.1) is 5.82 Å². The Morgan fingerprint density at radius 3 is 2.45 bits per heavy atom. The highest BCUT2D eigenvalue weighted by Gasteiger charge is 2.18. The minimum Gasteiger partial charge on any atom is -0.481 e. The van der Waals surface area contributed by atoms with Gasteiger partial charge in [-0.15, -0.1) is 0 Å². The van der Waals surface area contributed by atoms with E-state index in [-0.39, 0.29) is 12.8 Å². The molecule has 1 aromatic carbocycles. The van der Waals surface area contributed by atoms with E-state index in [4.69, 9.17) is 15.0 Å². The molecule has 0 aliphatic heterocycles. The number of nitrogens with one attached hydrogen (secondary N) is 2. The van der Waals surface area contributed by atoms with Crippen LogP contribution < -0.4 is 5.32 Å². The van der Waals surface area contributed by atoms with E-state index < -0.39 is 23.7 Å². The van der Waals surface area contributed by atoms with Crippen molar-refractivity contribution in [2.24, 2.45) is 0 Å². The lowest BCUT2D eigenvalue weighted by atomic mass is 10.00. The molecular weight excluding hydrogens is 493 g/mol. The summed E-state index contributed by atoms with van der Waals surface area (Å²) in [6.45, 7) is 1.08. The maximum absolute atomic E-state index is 15.2. The number of carbonyl (C=O) groups excluding carboxylic acids is 1. The highest BCUT2D eigenvalue weighted by atomic mass is 19.1. The fraction of sp³-hybridized carbons (Fsp3) is 0.111. The molecule has 38 heavy (non-hydrogen) atoms. The highest BCUT2D eigenvalue weighted by Crippen LogP contribution is 2.37. The predicted octanol–water partition coefficient (Wildman–Crippen LogP) is 4.87. The first-order valence-corrected chi connectivity index (χ1v) is 11.4. The van der Waals surface area contributed by atoms with Gasteiger partial charge in [0.25, 0.3) is 5.97 Å². The summed E-state index contributed by atoms with van der Waals surface area (Å²) in [5.41, 5.74) is 4.05. The number of H-pyrrole nitrogens is 1. The second-order valence-electron chi connectivity index (χ2n) is 8.23. The van der Waals surface area contributed by atoms with Gasteiger partial charge in [-0.2, -0.15) is 0 Å². The number of hydrogen-bond donors (Lipinski definition) is 4. The van der Waals surface area contributed by atoms with Crippen molar-refractivity contribution in [3.8, 4) is 22.4 Å². The molecule has 5 rings (SSSR count). The van der Waals surface area contributed by atoms with Gasteiger partial charge in [0, 0.05) is 53.3 Å². The number of aromatic amines is 1. The number of carboxylic acids is 2. The summed E-state index contributed by atoms with van der Waals surface area (Å²) in [5, 5.41) is 20.2. The van der Waals surface area contributed by atoms with Crippen molar-refractivity contribution in [2.75, 3.05) is 5.32 Å². The van der Waals surface area contributed by atoms with Gasteiger partial charge in [0.05, 0.1) is 30.0 Å². The molecule has 0 saturated carbocycles. The fourth-order valence-corrected chi connectivity index (χ4v) is 3.89. The third-order valence-corrected chi connectivity index (χ3v) is 5.42. The van der Waals surface area contributed by atoms with Crippen LogP contribution in [0.4, 0.5) is 10.1 Å². The number of amides is 1. The zero-order valence-corrected chi connectivity index (χ0v) is 20.1. The Morgan fingerprint density at radius 1 is 0.974 bits per heavy atom. The molecule has 0 aliphatic carbocycles. The zero-order valence-electron chi connectivity index (χ0n) is 20.1. The number of rotatable bonds is 6. The summed E-state index contributed by atoms with van der Waals surface area (Å²) in [6, 6.07) is 12.3. The standard InChI is InChI=1S/C25H18FN5O3.C2H4O2/c26-18-12-29-25-24(17-10-19(28-13-20(17)31-25)15-4-2-8-27-11-15)23(18)14-3-1-5-16(9-14)30-21(32)6-7-22(33)34;1-2(3)4/h1-5,8-13H,6-7H2,(H,29,31)(H,30,32)(H,33,34);1H3,(H,3,4).